The van der Waals surface area contributed by atoms with Gasteiger partial charge in [-0.05, 0) is 39.2 Å². The zero-order valence-corrected chi connectivity index (χ0v) is 18.4. The first kappa shape index (κ1) is 22.9. The maximum atomic E-state index is 13.3. The number of nitro groups is 1. The number of methoxy groups -OCH3 is 1. The van der Waals surface area contributed by atoms with Crippen LogP contribution in [0, 0.1) is 10.1 Å². The van der Waals surface area contributed by atoms with Crippen molar-refractivity contribution in [2.75, 3.05) is 39.2 Å². The molecule has 0 aliphatic heterocycles. The normalized spacial score (nSPS) is 10.8. The summed E-state index contributed by atoms with van der Waals surface area (Å²) in [6, 6.07) is 17.4. The third-order valence-electron chi connectivity index (χ3n) is 4.97. The smallest absolute Gasteiger partial charge is 0.315 e. The molecule has 3 rings (SSSR count). The van der Waals surface area contributed by atoms with Gasteiger partial charge < -0.3 is 14.5 Å². The van der Waals surface area contributed by atoms with E-state index in [-0.39, 0.29) is 17.3 Å². The van der Waals surface area contributed by atoms with E-state index in [4.69, 9.17) is 4.74 Å². The molecule has 0 aliphatic rings. The highest BCUT2D eigenvalue weighted by molar-refractivity contribution is 6.12. The van der Waals surface area contributed by atoms with E-state index in [0.717, 1.165) is 6.54 Å². The molecule has 8 nitrogen and oxygen atoms in total. The molecule has 1 heterocycles. The van der Waals surface area contributed by atoms with E-state index in [1.165, 1.54) is 19.4 Å². The van der Waals surface area contributed by atoms with Crippen LogP contribution in [-0.2, 0) is 0 Å². The predicted molar refractivity (Wildman–Crippen MR) is 124 cm³/mol. The van der Waals surface area contributed by atoms with Crippen LogP contribution in [0.15, 0.2) is 66.9 Å². The van der Waals surface area contributed by atoms with E-state index in [9.17, 15) is 14.9 Å². The molecule has 0 fully saturated rings. The number of para-hydroxylation sites is 1. The molecule has 0 N–H and O–H groups in total. The quantitative estimate of drug-likeness (QED) is 0.267. The number of pyridine rings is 1. The number of benzene rings is 2. The van der Waals surface area contributed by atoms with E-state index in [2.05, 4.69) is 4.98 Å². The van der Waals surface area contributed by atoms with Crippen molar-refractivity contribution < 1.29 is 14.5 Å². The lowest BCUT2D eigenvalue weighted by atomic mass is 10.0. The molecule has 166 valence electrons. The predicted octanol–water partition coefficient (Wildman–Crippen LogP) is 4.32. The standard InChI is InChI=1S/C24H26N4O4/c1-26(2)14-9-15-27(24-22(28(30)31)16-19(32-3)17-25-24)21-13-8-7-12-20(21)23(29)18-10-5-4-6-11-18/h4-8,10-13,16-17H,9,14-15H2,1-3H3. The van der Waals surface area contributed by atoms with Crippen LogP contribution in [0.1, 0.15) is 22.3 Å². The molecule has 0 saturated carbocycles. The van der Waals surface area contributed by atoms with Crippen molar-refractivity contribution in [2.24, 2.45) is 0 Å². The van der Waals surface area contributed by atoms with Gasteiger partial charge in [0.25, 0.3) is 0 Å². The van der Waals surface area contributed by atoms with Crippen LogP contribution in [0.25, 0.3) is 0 Å². The minimum atomic E-state index is -0.481. The minimum absolute atomic E-state index is 0.157. The van der Waals surface area contributed by atoms with Crippen LogP contribution in [0.5, 0.6) is 5.75 Å². The number of carbonyl (C=O) groups excluding carboxylic acids is 1. The Kier molecular flexibility index (Phi) is 7.51. The first-order valence-electron chi connectivity index (χ1n) is 10.2. The molecule has 32 heavy (non-hydrogen) atoms. The van der Waals surface area contributed by atoms with Gasteiger partial charge in [0.1, 0.15) is 5.75 Å². The van der Waals surface area contributed by atoms with E-state index in [1.807, 2.05) is 31.1 Å². The van der Waals surface area contributed by atoms with E-state index >= 15 is 0 Å². The van der Waals surface area contributed by atoms with Crippen molar-refractivity contribution in [3.05, 3.63) is 88.1 Å². The van der Waals surface area contributed by atoms with Crippen LogP contribution in [0.4, 0.5) is 17.2 Å². The van der Waals surface area contributed by atoms with E-state index < -0.39 is 4.92 Å². The Morgan fingerprint density at radius 1 is 1.06 bits per heavy atom. The lowest BCUT2D eigenvalue weighted by Crippen LogP contribution is -2.26. The molecule has 3 aromatic rings. The van der Waals surface area contributed by atoms with Gasteiger partial charge in [0.15, 0.2) is 5.78 Å². The molecule has 0 bridgehead atoms. The molecule has 0 saturated heterocycles. The Balaban J connectivity index is 2.12. The number of carbonyl (C=O) groups is 1. The largest absolute Gasteiger partial charge is 0.495 e. The first-order chi connectivity index (χ1) is 15.4. The lowest BCUT2D eigenvalue weighted by molar-refractivity contribution is -0.384. The Hall–Kier alpha value is -3.78. The zero-order chi connectivity index (χ0) is 23.1. The van der Waals surface area contributed by atoms with Crippen molar-refractivity contribution in [3.8, 4) is 5.75 Å². The van der Waals surface area contributed by atoms with Gasteiger partial charge in [-0.1, -0.05) is 42.5 Å². The molecule has 0 amide bonds. The van der Waals surface area contributed by atoms with Gasteiger partial charge in [-0.2, -0.15) is 0 Å². The minimum Gasteiger partial charge on any atom is -0.495 e. The lowest BCUT2D eigenvalue weighted by Gasteiger charge is -2.26. The van der Waals surface area contributed by atoms with Crippen molar-refractivity contribution in [1.82, 2.24) is 9.88 Å². The molecule has 1 aromatic heterocycles. The second-order valence-corrected chi connectivity index (χ2v) is 7.50. The monoisotopic (exact) mass is 434 g/mol. The second kappa shape index (κ2) is 10.5. The Morgan fingerprint density at radius 3 is 2.41 bits per heavy atom. The summed E-state index contributed by atoms with van der Waals surface area (Å²) in [6.45, 7) is 1.21. The van der Waals surface area contributed by atoms with Crippen molar-refractivity contribution in [2.45, 2.75) is 6.42 Å². The van der Waals surface area contributed by atoms with Crippen LogP contribution in [0.3, 0.4) is 0 Å². The summed E-state index contributed by atoms with van der Waals surface area (Å²) >= 11 is 0. The summed E-state index contributed by atoms with van der Waals surface area (Å²) in [4.78, 5) is 32.8. The van der Waals surface area contributed by atoms with Crippen molar-refractivity contribution >= 4 is 23.0 Å². The maximum absolute atomic E-state index is 13.3. The van der Waals surface area contributed by atoms with Gasteiger partial charge in [-0.15, -0.1) is 0 Å². The highest BCUT2D eigenvalue weighted by Gasteiger charge is 2.26. The second-order valence-electron chi connectivity index (χ2n) is 7.50. The molecular formula is C24H26N4O4. The average molecular weight is 434 g/mol. The summed E-state index contributed by atoms with van der Waals surface area (Å²) in [5, 5.41) is 11.9. The number of ether oxygens (including phenoxy) is 1. The van der Waals surface area contributed by atoms with Crippen molar-refractivity contribution in [3.63, 3.8) is 0 Å². The molecular weight excluding hydrogens is 408 g/mol. The Bertz CT molecular complexity index is 1090. The fourth-order valence-corrected chi connectivity index (χ4v) is 3.41. The average Bonchev–Trinajstić information content (AvgIpc) is 2.81. The van der Waals surface area contributed by atoms with E-state index in [1.54, 1.807) is 47.4 Å². The highest BCUT2D eigenvalue weighted by atomic mass is 16.6. The maximum Gasteiger partial charge on any atom is 0.315 e. The third-order valence-corrected chi connectivity index (χ3v) is 4.97. The number of ketones is 1. The van der Waals surface area contributed by atoms with Crippen LogP contribution >= 0.6 is 0 Å². The molecule has 0 atom stereocenters. The van der Waals surface area contributed by atoms with Gasteiger partial charge in [0.05, 0.1) is 30.0 Å². The topological polar surface area (TPSA) is 88.8 Å². The van der Waals surface area contributed by atoms with Gasteiger partial charge in [-0.25, -0.2) is 4.98 Å². The molecule has 2 aromatic carbocycles. The number of aromatic nitrogens is 1. The number of anilines is 2. The van der Waals surface area contributed by atoms with Crippen molar-refractivity contribution in [1.29, 1.82) is 0 Å². The van der Waals surface area contributed by atoms with Crippen LogP contribution < -0.4 is 9.64 Å². The number of rotatable bonds is 10. The Morgan fingerprint density at radius 2 is 1.75 bits per heavy atom. The fourth-order valence-electron chi connectivity index (χ4n) is 3.41. The third kappa shape index (κ3) is 5.28. The number of nitrogens with zero attached hydrogens (tertiary/aromatic N) is 4. The summed E-state index contributed by atoms with van der Waals surface area (Å²) < 4.78 is 5.13. The van der Waals surface area contributed by atoms with Gasteiger partial charge in [0, 0.05) is 17.7 Å². The highest BCUT2D eigenvalue weighted by Crippen LogP contribution is 2.36. The summed E-state index contributed by atoms with van der Waals surface area (Å²) in [6.07, 6.45) is 2.16. The van der Waals surface area contributed by atoms with Gasteiger partial charge in [0.2, 0.25) is 5.82 Å². The summed E-state index contributed by atoms with van der Waals surface area (Å²) in [7, 11) is 5.36. The van der Waals surface area contributed by atoms with Crippen LogP contribution in [0.2, 0.25) is 0 Å². The Labute approximate surface area is 187 Å². The summed E-state index contributed by atoms with van der Waals surface area (Å²) in [5.74, 6) is 0.306. The number of hydrogen-bond acceptors (Lipinski definition) is 7. The summed E-state index contributed by atoms with van der Waals surface area (Å²) in [5.41, 5.74) is 1.39. The molecule has 0 spiro atoms. The van der Waals surface area contributed by atoms with Crippen LogP contribution in [-0.4, -0.2) is 54.9 Å². The fraction of sp³-hybridized carbons (Fsp3) is 0.250. The number of hydrogen-bond donors (Lipinski definition) is 0. The molecule has 8 heteroatoms. The molecule has 0 aliphatic carbocycles. The SMILES string of the molecule is COc1cnc(N(CCCN(C)C)c2ccccc2C(=O)c2ccccc2)c([N+](=O)[O-])c1. The van der Waals surface area contributed by atoms with E-state index in [0.29, 0.717) is 35.5 Å². The molecule has 0 unspecified atom stereocenters. The first-order valence-corrected chi connectivity index (χ1v) is 10.2. The van der Waals surface area contributed by atoms with Gasteiger partial charge >= 0.3 is 5.69 Å². The zero-order valence-electron chi connectivity index (χ0n) is 18.4. The molecule has 0 radical (unpaired) electrons. The van der Waals surface area contributed by atoms with Gasteiger partial charge in [-0.3, -0.25) is 14.9 Å².